The number of rotatable bonds is 10. The molecule has 3 amide bonds. The molecule has 0 atom stereocenters. The van der Waals surface area contributed by atoms with E-state index in [1.54, 1.807) is 24.3 Å². The number of thiazole rings is 1. The van der Waals surface area contributed by atoms with Gasteiger partial charge < -0.3 is 16.0 Å². The summed E-state index contributed by atoms with van der Waals surface area (Å²) in [5, 5.41) is 10.8. The zero-order valence-corrected chi connectivity index (χ0v) is 19.2. The summed E-state index contributed by atoms with van der Waals surface area (Å²) in [6, 6.07) is 16.8. The molecule has 0 aliphatic carbocycles. The molecule has 2 aromatic carbocycles. The Labute approximate surface area is 195 Å². The first-order chi connectivity index (χ1) is 15.5. The van der Waals surface area contributed by atoms with Crippen molar-refractivity contribution in [2.45, 2.75) is 25.5 Å². The average molecular weight is 469 g/mol. The molecule has 0 aliphatic heterocycles. The van der Waals surface area contributed by atoms with Crippen molar-refractivity contribution in [1.82, 2.24) is 4.98 Å². The Kier molecular flexibility index (Phi) is 8.82. The molecule has 1 aromatic heterocycles. The van der Waals surface area contributed by atoms with Crippen LogP contribution in [0.1, 0.15) is 24.6 Å². The fourth-order valence-corrected chi connectivity index (χ4v) is 4.35. The molecule has 3 N–H and O–H groups in total. The maximum atomic E-state index is 12.1. The quantitative estimate of drug-likeness (QED) is 0.405. The van der Waals surface area contributed by atoms with E-state index >= 15 is 0 Å². The summed E-state index contributed by atoms with van der Waals surface area (Å²) in [5.41, 5.74) is 3.29. The van der Waals surface area contributed by atoms with E-state index in [4.69, 9.17) is 0 Å². The molecule has 3 aromatic rings. The Bertz CT molecular complexity index is 1050. The number of nitrogens with zero attached hydrogens (tertiary/aromatic N) is 1. The molecule has 0 aliphatic rings. The lowest BCUT2D eigenvalue weighted by Crippen LogP contribution is -2.14. The van der Waals surface area contributed by atoms with Crippen molar-refractivity contribution in [3.8, 4) is 0 Å². The molecule has 0 spiro atoms. The highest BCUT2D eigenvalue weighted by atomic mass is 32.2. The zero-order valence-electron chi connectivity index (χ0n) is 17.6. The van der Waals surface area contributed by atoms with Crippen LogP contribution in [-0.4, -0.2) is 28.5 Å². The Morgan fingerprint density at radius 2 is 1.59 bits per heavy atom. The number of anilines is 3. The summed E-state index contributed by atoms with van der Waals surface area (Å²) in [7, 11) is 0. The molecule has 1 heterocycles. The Balaban J connectivity index is 1.36. The highest BCUT2D eigenvalue weighted by Gasteiger charge is 2.09. The van der Waals surface area contributed by atoms with Crippen LogP contribution in [0.25, 0.3) is 0 Å². The minimum Gasteiger partial charge on any atom is -0.326 e. The highest BCUT2D eigenvalue weighted by molar-refractivity contribution is 7.99. The first kappa shape index (κ1) is 23.5. The van der Waals surface area contributed by atoms with Crippen LogP contribution in [0.3, 0.4) is 0 Å². The largest absolute Gasteiger partial charge is 0.326 e. The third-order valence-corrected chi connectivity index (χ3v) is 6.03. The van der Waals surface area contributed by atoms with Gasteiger partial charge in [0, 0.05) is 35.9 Å². The van der Waals surface area contributed by atoms with Crippen LogP contribution in [0, 0.1) is 0 Å². The minimum atomic E-state index is -0.143. The average Bonchev–Trinajstić information content (AvgIpc) is 3.21. The van der Waals surface area contributed by atoms with Gasteiger partial charge in [0.25, 0.3) is 0 Å². The van der Waals surface area contributed by atoms with Gasteiger partial charge in [-0.05, 0) is 36.2 Å². The van der Waals surface area contributed by atoms with Crippen molar-refractivity contribution in [2.75, 3.05) is 21.7 Å². The highest BCUT2D eigenvalue weighted by Crippen LogP contribution is 2.20. The van der Waals surface area contributed by atoms with Gasteiger partial charge in [0.15, 0.2) is 5.13 Å². The number of carbonyl (C=O) groups excluding carboxylic acids is 3. The monoisotopic (exact) mass is 468 g/mol. The number of amides is 3. The molecule has 166 valence electrons. The van der Waals surface area contributed by atoms with Crippen molar-refractivity contribution in [3.63, 3.8) is 0 Å². The van der Waals surface area contributed by atoms with E-state index in [-0.39, 0.29) is 23.5 Å². The SMILES string of the molecule is CC(=O)Nc1ccc(NC(=O)CSCc2csc(NC(=O)CCc3ccccc3)n2)cc1. The second-order valence-corrected chi connectivity index (χ2v) is 8.82. The van der Waals surface area contributed by atoms with Crippen molar-refractivity contribution < 1.29 is 14.4 Å². The molecular weight excluding hydrogens is 444 g/mol. The number of aromatic nitrogens is 1. The number of hydrogen-bond acceptors (Lipinski definition) is 6. The van der Waals surface area contributed by atoms with Crippen molar-refractivity contribution in [2.24, 2.45) is 0 Å². The maximum absolute atomic E-state index is 12.1. The molecule has 3 rings (SSSR count). The van der Waals surface area contributed by atoms with Crippen molar-refractivity contribution >= 4 is 57.3 Å². The summed E-state index contributed by atoms with van der Waals surface area (Å²) in [5.74, 6) is 0.531. The molecule has 0 saturated carbocycles. The zero-order chi connectivity index (χ0) is 22.8. The number of carbonyl (C=O) groups is 3. The number of benzene rings is 2. The van der Waals surface area contributed by atoms with Crippen LogP contribution in [0.2, 0.25) is 0 Å². The molecule has 32 heavy (non-hydrogen) atoms. The smallest absolute Gasteiger partial charge is 0.234 e. The second-order valence-electron chi connectivity index (χ2n) is 6.98. The normalized spacial score (nSPS) is 10.4. The summed E-state index contributed by atoms with van der Waals surface area (Å²) >= 11 is 2.83. The Morgan fingerprint density at radius 1 is 0.906 bits per heavy atom. The number of hydrogen-bond donors (Lipinski definition) is 3. The summed E-state index contributed by atoms with van der Waals surface area (Å²) in [6.07, 6.45) is 1.09. The number of aryl methyl sites for hydroxylation is 1. The molecule has 0 unspecified atom stereocenters. The topological polar surface area (TPSA) is 100 Å². The van der Waals surface area contributed by atoms with Crippen LogP contribution < -0.4 is 16.0 Å². The van der Waals surface area contributed by atoms with Gasteiger partial charge >= 0.3 is 0 Å². The molecular formula is C23H24N4O3S2. The molecule has 0 saturated heterocycles. The predicted octanol–water partition coefficient (Wildman–Crippen LogP) is 4.54. The predicted molar refractivity (Wildman–Crippen MR) is 131 cm³/mol. The van der Waals surface area contributed by atoms with Gasteiger partial charge in [-0.25, -0.2) is 4.98 Å². The third-order valence-electron chi connectivity index (χ3n) is 4.25. The lowest BCUT2D eigenvalue weighted by molar-refractivity contribution is -0.116. The number of thioether (sulfide) groups is 1. The van der Waals surface area contributed by atoms with Crippen LogP contribution in [0.5, 0.6) is 0 Å². The number of nitrogens with one attached hydrogen (secondary N) is 3. The van der Waals surface area contributed by atoms with Crippen LogP contribution in [-0.2, 0) is 26.6 Å². The van der Waals surface area contributed by atoms with Gasteiger partial charge in [-0.15, -0.1) is 23.1 Å². The Morgan fingerprint density at radius 3 is 2.28 bits per heavy atom. The third kappa shape index (κ3) is 8.16. The fraction of sp³-hybridized carbons (Fsp3) is 0.217. The second kappa shape index (κ2) is 12.0. The molecule has 0 fully saturated rings. The minimum absolute atomic E-state index is 0.0636. The van der Waals surface area contributed by atoms with E-state index in [1.165, 1.54) is 30.0 Å². The van der Waals surface area contributed by atoms with E-state index in [0.29, 0.717) is 35.1 Å². The summed E-state index contributed by atoms with van der Waals surface area (Å²) in [4.78, 5) is 39.7. The van der Waals surface area contributed by atoms with E-state index in [9.17, 15) is 14.4 Å². The van der Waals surface area contributed by atoms with Crippen LogP contribution in [0.4, 0.5) is 16.5 Å². The van der Waals surface area contributed by atoms with Gasteiger partial charge in [-0.3, -0.25) is 14.4 Å². The van der Waals surface area contributed by atoms with Gasteiger partial charge in [0.1, 0.15) is 0 Å². The lowest BCUT2D eigenvalue weighted by Gasteiger charge is -2.06. The first-order valence-corrected chi connectivity index (χ1v) is 12.0. The summed E-state index contributed by atoms with van der Waals surface area (Å²) < 4.78 is 0. The van der Waals surface area contributed by atoms with E-state index in [1.807, 2.05) is 35.7 Å². The fourth-order valence-electron chi connectivity index (χ4n) is 2.80. The summed E-state index contributed by atoms with van der Waals surface area (Å²) in [6.45, 7) is 1.44. The van der Waals surface area contributed by atoms with Crippen molar-refractivity contribution in [1.29, 1.82) is 0 Å². The maximum Gasteiger partial charge on any atom is 0.234 e. The van der Waals surface area contributed by atoms with Gasteiger partial charge in [-0.1, -0.05) is 30.3 Å². The molecule has 7 nitrogen and oxygen atoms in total. The van der Waals surface area contributed by atoms with Crippen molar-refractivity contribution in [3.05, 3.63) is 71.2 Å². The molecule has 0 radical (unpaired) electrons. The van der Waals surface area contributed by atoms with E-state index < -0.39 is 0 Å². The first-order valence-electron chi connectivity index (χ1n) is 10.0. The molecule has 0 bridgehead atoms. The van der Waals surface area contributed by atoms with Crippen LogP contribution >= 0.6 is 23.1 Å². The van der Waals surface area contributed by atoms with E-state index in [2.05, 4.69) is 20.9 Å². The van der Waals surface area contributed by atoms with Gasteiger partial charge in [0.2, 0.25) is 17.7 Å². The van der Waals surface area contributed by atoms with E-state index in [0.717, 1.165) is 11.3 Å². The van der Waals surface area contributed by atoms with Gasteiger partial charge in [-0.2, -0.15) is 0 Å². The standard InChI is InChI=1S/C23H24N4O3S2/c1-16(28)24-18-8-10-19(11-9-18)25-22(30)15-31-13-20-14-32-23(26-20)27-21(29)12-7-17-5-3-2-4-6-17/h2-6,8-11,14H,7,12-13,15H2,1H3,(H,24,28)(H,25,30)(H,26,27,29). The van der Waals surface area contributed by atoms with Gasteiger partial charge in [0.05, 0.1) is 11.4 Å². The molecule has 9 heteroatoms. The lowest BCUT2D eigenvalue weighted by atomic mass is 10.1. The Hall–Kier alpha value is -3.17. The van der Waals surface area contributed by atoms with Crippen LogP contribution in [0.15, 0.2) is 60.0 Å².